The summed E-state index contributed by atoms with van der Waals surface area (Å²) in [5.41, 5.74) is 1.57. The predicted molar refractivity (Wildman–Crippen MR) is 81.9 cm³/mol. The van der Waals surface area contributed by atoms with Gasteiger partial charge in [0, 0.05) is 30.9 Å². The number of carbonyl (C=O) groups excluding carboxylic acids is 1. The molecule has 8 heteroatoms. The van der Waals surface area contributed by atoms with Crippen LogP contribution in [0.25, 0.3) is 0 Å². The van der Waals surface area contributed by atoms with Gasteiger partial charge in [0.05, 0.1) is 27.2 Å². The molecule has 0 aliphatic carbocycles. The molecule has 0 saturated carbocycles. The summed E-state index contributed by atoms with van der Waals surface area (Å²) in [5.74, 6) is -0.468. The Kier molecular flexibility index (Phi) is 4.46. The molecule has 1 amide bonds. The first-order valence-electron chi connectivity index (χ1n) is 6.54. The minimum Gasteiger partial charge on any atom is -0.345 e. The molecule has 1 atom stereocenters. The van der Waals surface area contributed by atoms with E-state index in [2.05, 4.69) is 10.4 Å². The molecular formula is C14H15ClN4O3. The molecule has 0 spiro atoms. The molecule has 116 valence electrons. The van der Waals surface area contributed by atoms with Gasteiger partial charge in [0.2, 0.25) is 0 Å². The zero-order valence-electron chi connectivity index (χ0n) is 12.3. The summed E-state index contributed by atoms with van der Waals surface area (Å²) in [6.45, 7) is 3.66. The second kappa shape index (κ2) is 6.15. The van der Waals surface area contributed by atoms with Gasteiger partial charge in [-0.1, -0.05) is 11.6 Å². The van der Waals surface area contributed by atoms with Gasteiger partial charge in [0.1, 0.15) is 0 Å². The number of aromatic nitrogens is 2. The Morgan fingerprint density at radius 3 is 2.73 bits per heavy atom. The summed E-state index contributed by atoms with van der Waals surface area (Å²) in [4.78, 5) is 22.5. The number of hydrogen-bond acceptors (Lipinski definition) is 4. The minimum atomic E-state index is -0.568. The van der Waals surface area contributed by atoms with E-state index in [-0.39, 0.29) is 22.3 Å². The van der Waals surface area contributed by atoms with Crippen molar-refractivity contribution in [3.63, 3.8) is 0 Å². The smallest absolute Gasteiger partial charge is 0.270 e. The molecule has 0 unspecified atom stereocenters. The van der Waals surface area contributed by atoms with Crippen molar-refractivity contribution in [1.82, 2.24) is 15.1 Å². The van der Waals surface area contributed by atoms with Crippen LogP contribution in [0.5, 0.6) is 0 Å². The van der Waals surface area contributed by atoms with E-state index in [4.69, 9.17) is 11.6 Å². The molecular weight excluding hydrogens is 308 g/mol. The van der Waals surface area contributed by atoms with Crippen LogP contribution < -0.4 is 5.32 Å². The number of non-ortho nitro benzene ring substituents is 1. The largest absolute Gasteiger partial charge is 0.345 e. The van der Waals surface area contributed by atoms with Crippen molar-refractivity contribution >= 4 is 23.2 Å². The van der Waals surface area contributed by atoms with Gasteiger partial charge in [0.15, 0.2) is 0 Å². The molecule has 1 heterocycles. The molecule has 7 nitrogen and oxygen atoms in total. The highest BCUT2D eigenvalue weighted by atomic mass is 35.5. The number of halogens is 1. The van der Waals surface area contributed by atoms with Gasteiger partial charge < -0.3 is 5.32 Å². The number of amides is 1. The van der Waals surface area contributed by atoms with Crippen LogP contribution >= 0.6 is 11.6 Å². The summed E-state index contributed by atoms with van der Waals surface area (Å²) in [6.07, 6.45) is 1.81. The number of benzene rings is 1. The molecule has 0 aliphatic heterocycles. The van der Waals surface area contributed by atoms with Crippen LogP contribution in [0.2, 0.25) is 5.02 Å². The molecule has 0 bridgehead atoms. The van der Waals surface area contributed by atoms with E-state index in [1.807, 2.05) is 20.0 Å². The molecule has 1 aromatic heterocycles. The maximum Gasteiger partial charge on any atom is 0.270 e. The Morgan fingerprint density at radius 2 is 2.18 bits per heavy atom. The SMILES string of the molecule is Cc1nn(C)cc1[C@@H](C)NC(=O)c1cc([N+](=O)[O-])ccc1Cl. The van der Waals surface area contributed by atoms with Gasteiger partial charge in [-0.15, -0.1) is 0 Å². The molecule has 0 radical (unpaired) electrons. The monoisotopic (exact) mass is 322 g/mol. The lowest BCUT2D eigenvalue weighted by atomic mass is 10.1. The average molecular weight is 323 g/mol. The van der Waals surface area contributed by atoms with Crippen LogP contribution in [0, 0.1) is 17.0 Å². The van der Waals surface area contributed by atoms with Crippen molar-refractivity contribution in [3.8, 4) is 0 Å². The third kappa shape index (κ3) is 3.25. The molecule has 2 rings (SSSR count). The lowest BCUT2D eigenvalue weighted by Gasteiger charge is -2.13. The Morgan fingerprint density at radius 1 is 1.50 bits per heavy atom. The maximum absolute atomic E-state index is 12.3. The molecule has 1 aromatic carbocycles. The molecule has 22 heavy (non-hydrogen) atoms. The number of aryl methyl sites for hydroxylation is 2. The second-order valence-electron chi connectivity index (χ2n) is 4.96. The van der Waals surface area contributed by atoms with Crippen LogP contribution in [-0.2, 0) is 7.05 Å². The molecule has 2 aromatic rings. The topological polar surface area (TPSA) is 90.1 Å². The number of nitro benzene ring substituents is 1. The predicted octanol–water partition coefficient (Wildman–Crippen LogP) is 2.78. The van der Waals surface area contributed by atoms with Gasteiger partial charge in [0.25, 0.3) is 11.6 Å². The Bertz CT molecular complexity index is 742. The Hall–Kier alpha value is -2.41. The molecule has 0 aliphatic rings. The quantitative estimate of drug-likeness (QED) is 0.692. The van der Waals surface area contributed by atoms with Crippen molar-refractivity contribution < 1.29 is 9.72 Å². The van der Waals surface area contributed by atoms with Crippen LogP contribution in [0.15, 0.2) is 24.4 Å². The normalized spacial score (nSPS) is 12.0. The zero-order valence-corrected chi connectivity index (χ0v) is 13.1. The fraction of sp³-hybridized carbons (Fsp3) is 0.286. The van der Waals surface area contributed by atoms with E-state index in [0.29, 0.717) is 0 Å². The third-order valence-corrected chi connectivity index (χ3v) is 3.60. The highest BCUT2D eigenvalue weighted by molar-refractivity contribution is 6.33. The molecule has 0 saturated heterocycles. The third-order valence-electron chi connectivity index (χ3n) is 3.27. The first-order chi connectivity index (χ1) is 10.3. The van der Waals surface area contributed by atoms with E-state index in [0.717, 1.165) is 11.3 Å². The highest BCUT2D eigenvalue weighted by Gasteiger charge is 2.19. The Balaban J connectivity index is 2.23. The number of nitrogens with zero attached hydrogens (tertiary/aromatic N) is 3. The second-order valence-corrected chi connectivity index (χ2v) is 5.37. The molecule has 1 N–H and O–H groups in total. The number of rotatable bonds is 4. The fourth-order valence-electron chi connectivity index (χ4n) is 2.20. The number of carbonyl (C=O) groups is 1. The van der Waals surface area contributed by atoms with Gasteiger partial charge in [-0.25, -0.2) is 0 Å². The van der Waals surface area contributed by atoms with Gasteiger partial charge in [-0.2, -0.15) is 5.10 Å². The van der Waals surface area contributed by atoms with E-state index < -0.39 is 10.8 Å². The van der Waals surface area contributed by atoms with Crippen molar-refractivity contribution in [2.75, 3.05) is 0 Å². The summed E-state index contributed by atoms with van der Waals surface area (Å²) in [7, 11) is 1.79. The van der Waals surface area contributed by atoms with Gasteiger partial charge in [-0.3, -0.25) is 19.6 Å². The first kappa shape index (κ1) is 16.0. The summed E-state index contributed by atoms with van der Waals surface area (Å²) in [6, 6.07) is 3.47. The first-order valence-corrected chi connectivity index (χ1v) is 6.92. The van der Waals surface area contributed by atoms with Crippen LogP contribution in [-0.4, -0.2) is 20.6 Å². The van der Waals surface area contributed by atoms with Crippen molar-refractivity contribution in [3.05, 3.63) is 56.4 Å². The summed E-state index contributed by atoms with van der Waals surface area (Å²) < 4.78 is 1.66. The van der Waals surface area contributed by atoms with Gasteiger partial charge >= 0.3 is 0 Å². The lowest BCUT2D eigenvalue weighted by Crippen LogP contribution is -2.27. The Labute approximate surface area is 132 Å². The summed E-state index contributed by atoms with van der Waals surface area (Å²) in [5, 5.41) is 18.0. The number of nitro groups is 1. The maximum atomic E-state index is 12.3. The average Bonchev–Trinajstić information content (AvgIpc) is 2.77. The van der Waals surface area contributed by atoms with E-state index in [1.165, 1.54) is 18.2 Å². The van der Waals surface area contributed by atoms with Crippen molar-refractivity contribution in [1.29, 1.82) is 0 Å². The van der Waals surface area contributed by atoms with E-state index in [9.17, 15) is 14.9 Å². The van der Waals surface area contributed by atoms with Gasteiger partial charge in [-0.05, 0) is 19.9 Å². The van der Waals surface area contributed by atoms with Crippen molar-refractivity contribution in [2.45, 2.75) is 19.9 Å². The summed E-state index contributed by atoms with van der Waals surface area (Å²) >= 11 is 5.96. The number of nitrogens with one attached hydrogen (secondary N) is 1. The highest BCUT2D eigenvalue weighted by Crippen LogP contribution is 2.23. The van der Waals surface area contributed by atoms with Crippen LogP contribution in [0.3, 0.4) is 0 Å². The lowest BCUT2D eigenvalue weighted by molar-refractivity contribution is -0.384. The van der Waals surface area contributed by atoms with Crippen LogP contribution in [0.1, 0.15) is 34.6 Å². The molecule has 0 fully saturated rings. The standard InChI is InChI=1S/C14H15ClN4O3/c1-8(12-7-18(3)17-9(12)2)16-14(20)11-6-10(19(21)22)4-5-13(11)15/h4-8H,1-3H3,(H,16,20)/t8-/m1/s1. The van der Waals surface area contributed by atoms with E-state index in [1.54, 1.807) is 11.7 Å². The fourth-order valence-corrected chi connectivity index (χ4v) is 2.40. The number of hydrogen-bond donors (Lipinski definition) is 1. The van der Waals surface area contributed by atoms with E-state index >= 15 is 0 Å². The zero-order chi connectivity index (χ0) is 16.4. The van der Waals surface area contributed by atoms with Crippen LogP contribution in [0.4, 0.5) is 5.69 Å². The van der Waals surface area contributed by atoms with Crippen molar-refractivity contribution in [2.24, 2.45) is 7.05 Å². The minimum absolute atomic E-state index is 0.0734.